The Morgan fingerprint density at radius 2 is 1.90 bits per heavy atom. The summed E-state index contributed by atoms with van der Waals surface area (Å²) in [5.74, 6) is 1.42. The second-order valence-corrected chi connectivity index (χ2v) is 6.27. The molecule has 0 saturated heterocycles. The first-order chi connectivity index (χ1) is 10.0. The van der Waals surface area contributed by atoms with E-state index in [4.69, 9.17) is 16.3 Å². The van der Waals surface area contributed by atoms with Gasteiger partial charge in [0.05, 0.1) is 9.50 Å². The van der Waals surface area contributed by atoms with Crippen LogP contribution in [-0.2, 0) is 0 Å². The lowest BCUT2D eigenvalue weighted by molar-refractivity contribution is 0.479. The molecule has 0 aromatic heterocycles. The Labute approximate surface area is 139 Å². The van der Waals surface area contributed by atoms with E-state index in [1.54, 1.807) is 0 Å². The van der Waals surface area contributed by atoms with Gasteiger partial charge in [0.2, 0.25) is 0 Å². The molecule has 0 aliphatic rings. The smallest absolute Gasteiger partial charge is 0.146 e. The molecular formula is C17H19BrClNO. The van der Waals surface area contributed by atoms with Gasteiger partial charge in [-0.3, -0.25) is 0 Å². The fourth-order valence-corrected chi connectivity index (χ4v) is 2.85. The van der Waals surface area contributed by atoms with Crippen molar-refractivity contribution in [3.8, 4) is 11.5 Å². The Kier molecular flexibility index (Phi) is 5.68. The van der Waals surface area contributed by atoms with Gasteiger partial charge in [0.25, 0.3) is 0 Å². The van der Waals surface area contributed by atoms with Crippen LogP contribution in [0.3, 0.4) is 0 Å². The molecule has 112 valence electrons. The van der Waals surface area contributed by atoms with Crippen LogP contribution in [0.5, 0.6) is 11.5 Å². The summed E-state index contributed by atoms with van der Waals surface area (Å²) in [5, 5.41) is 4.01. The van der Waals surface area contributed by atoms with Gasteiger partial charge in [0.1, 0.15) is 11.5 Å². The fourth-order valence-electron chi connectivity index (χ4n) is 2.10. The molecule has 2 rings (SSSR count). The number of aryl methyl sites for hydroxylation is 1. The van der Waals surface area contributed by atoms with Crippen molar-refractivity contribution in [2.75, 3.05) is 6.54 Å². The van der Waals surface area contributed by atoms with Gasteiger partial charge in [-0.05, 0) is 71.7 Å². The average molecular weight is 369 g/mol. The Hall–Kier alpha value is -1.03. The standard InChI is InChI=1S/C17H19BrClNO/c1-4-20-12(3)13-6-8-16(14(18)10-13)21-17-7-5-11(2)9-15(17)19/h5-10,12,20H,4H2,1-3H3. The maximum absolute atomic E-state index is 6.20. The van der Waals surface area contributed by atoms with Crippen LogP contribution < -0.4 is 10.1 Å². The highest BCUT2D eigenvalue weighted by Gasteiger charge is 2.10. The molecule has 2 nitrogen and oxygen atoms in total. The number of hydrogen-bond donors (Lipinski definition) is 1. The van der Waals surface area contributed by atoms with Crippen LogP contribution in [-0.4, -0.2) is 6.54 Å². The summed E-state index contributed by atoms with van der Waals surface area (Å²) >= 11 is 9.77. The second-order valence-electron chi connectivity index (χ2n) is 5.01. The topological polar surface area (TPSA) is 21.3 Å². The zero-order valence-corrected chi connectivity index (χ0v) is 14.8. The van der Waals surface area contributed by atoms with E-state index in [1.807, 2.05) is 31.2 Å². The van der Waals surface area contributed by atoms with E-state index in [-0.39, 0.29) is 0 Å². The largest absolute Gasteiger partial charge is 0.455 e. The van der Waals surface area contributed by atoms with Gasteiger partial charge < -0.3 is 10.1 Å². The van der Waals surface area contributed by atoms with Crippen LogP contribution in [0.25, 0.3) is 0 Å². The van der Waals surface area contributed by atoms with Crippen LogP contribution in [0.1, 0.15) is 31.0 Å². The van der Waals surface area contributed by atoms with Gasteiger partial charge in [-0.25, -0.2) is 0 Å². The lowest BCUT2D eigenvalue weighted by Crippen LogP contribution is -2.17. The molecular weight excluding hydrogens is 350 g/mol. The van der Waals surface area contributed by atoms with E-state index in [9.17, 15) is 0 Å². The number of rotatable bonds is 5. The Balaban J connectivity index is 2.21. The third-order valence-electron chi connectivity index (χ3n) is 3.27. The normalized spacial score (nSPS) is 12.2. The van der Waals surface area contributed by atoms with Crippen LogP contribution in [0.4, 0.5) is 0 Å². The van der Waals surface area contributed by atoms with Crippen molar-refractivity contribution < 1.29 is 4.74 Å². The molecule has 1 atom stereocenters. The SMILES string of the molecule is CCNC(C)c1ccc(Oc2ccc(C)cc2Cl)c(Br)c1. The molecule has 0 saturated carbocycles. The first-order valence-corrected chi connectivity index (χ1v) is 8.15. The maximum Gasteiger partial charge on any atom is 0.146 e. The van der Waals surface area contributed by atoms with Gasteiger partial charge in [0, 0.05) is 6.04 Å². The predicted molar refractivity (Wildman–Crippen MR) is 92.5 cm³/mol. The molecule has 2 aromatic carbocycles. The summed E-state index contributed by atoms with van der Waals surface area (Å²) in [6.07, 6.45) is 0. The number of nitrogens with one attached hydrogen (secondary N) is 1. The molecule has 0 aliphatic heterocycles. The van der Waals surface area contributed by atoms with Crippen LogP contribution in [0, 0.1) is 6.92 Å². The molecule has 2 aromatic rings. The average Bonchev–Trinajstić information content (AvgIpc) is 2.44. The fraction of sp³-hybridized carbons (Fsp3) is 0.294. The van der Waals surface area contributed by atoms with Crippen molar-refractivity contribution in [1.82, 2.24) is 5.32 Å². The number of benzene rings is 2. The predicted octanol–water partition coefficient (Wildman–Crippen LogP) is 5.87. The van der Waals surface area contributed by atoms with E-state index in [0.29, 0.717) is 16.8 Å². The summed E-state index contributed by atoms with van der Waals surface area (Å²) in [7, 11) is 0. The van der Waals surface area contributed by atoms with Gasteiger partial charge in [-0.1, -0.05) is 30.7 Å². The zero-order valence-electron chi connectivity index (χ0n) is 12.4. The third kappa shape index (κ3) is 4.22. The number of ether oxygens (including phenoxy) is 1. The van der Waals surface area contributed by atoms with E-state index in [0.717, 1.165) is 22.3 Å². The minimum Gasteiger partial charge on any atom is -0.455 e. The summed E-state index contributed by atoms with van der Waals surface area (Å²) in [6, 6.07) is 12.2. The quantitative estimate of drug-likeness (QED) is 0.712. The first kappa shape index (κ1) is 16.3. The molecule has 0 amide bonds. The molecule has 0 radical (unpaired) electrons. The second kappa shape index (κ2) is 7.30. The Morgan fingerprint density at radius 1 is 1.19 bits per heavy atom. The molecule has 0 fully saturated rings. The third-order valence-corrected chi connectivity index (χ3v) is 4.19. The van der Waals surface area contributed by atoms with Crippen LogP contribution in [0.2, 0.25) is 5.02 Å². The van der Waals surface area contributed by atoms with Crippen molar-refractivity contribution in [2.24, 2.45) is 0 Å². The summed E-state index contributed by atoms with van der Waals surface area (Å²) < 4.78 is 6.81. The van der Waals surface area contributed by atoms with Crippen molar-refractivity contribution in [1.29, 1.82) is 0 Å². The van der Waals surface area contributed by atoms with Crippen molar-refractivity contribution in [3.05, 3.63) is 57.0 Å². The van der Waals surface area contributed by atoms with Crippen LogP contribution >= 0.6 is 27.5 Å². The highest BCUT2D eigenvalue weighted by atomic mass is 79.9. The van der Waals surface area contributed by atoms with Gasteiger partial charge >= 0.3 is 0 Å². The van der Waals surface area contributed by atoms with Crippen molar-refractivity contribution in [3.63, 3.8) is 0 Å². The molecule has 1 unspecified atom stereocenters. The van der Waals surface area contributed by atoms with Gasteiger partial charge in [-0.15, -0.1) is 0 Å². The molecule has 0 aliphatic carbocycles. The number of hydrogen-bond acceptors (Lipinski definition) is 2. The summed E-state index contributed by atoms with van der Waals surface area (Å²) in [5.41, 5.74) is 2.33. The molecule has 0 bridgehead atoms. The first-order valence-electron chi connectivity index (χ1n) is 6.98. The zero-order chi connectivity index (χ0) is 15.4. The van der Waals surface area contributed by atoms with Crippen LogP contribution in [0.15, 0.2) is 40.9 Å². The summed E-state index contributed by atoms with van der Waals surface area (Å²) in [6.45, 7) is 7.18. The van der Waals surface area contributed by atoms with E-state index in [2.05, 4.69) is 47.2 Å². The lowest BCUT2D eigenvalue weighted by atomic mass is 10.1. The highest BCUT2D eigenvalue weighted by Crippen LogP contribution is 2.35. The molecule has 0 heterocycles. The minimum atomic E-state index is 0.309. The number of halogens is 2. The monoisotopic (exact) mass is 367 g/mol. The van der Waals surface area contributed by atoms with E-state index in [1.165, 1.54) is 5.56 Å². The summed E-state index contributed by atoms with van der Waals surface area (Å²) in [4.78, 5) is 0. The van der Waals surface area contributed by atoms with E-state index >= 15 is 0 Å². The molecule has 21 heavy (non-hydrogen) atoms. The van der Waals surface area contributed by atoms with E-state index < -0.39 is 0 Å². The molecule has 1 N–H and O–H groups in total. The van der Waals surface area contributed by atoms with Crippen molar-refractivity contribution in [2.45, 2.75) is 26.8 Å². The molecule has 4 heteroatoms. The highest BCUT2D eigenvalue weighted by molar-refractivity contribution is 9.10. The van der Waals surface area contributed by atoms with Gasteiger partial charge in [0.15, 0.2) is 0 Å². The lowest BCUT2D eigenvalue weighted by Gasteiger charge is -2.15. The maximum atomic E-state index is 6.20. The Morgan fingerprint density at radius 3 is 2.52 bits per heavy atom. The minimum absolute atomic E-state index is 0.309. The van der Waals surface area contributed by atoms with Gasteiger partial charge in [-0.2, -0.15) is 0 Å². The Bertz CT molecular complexity index is 630. The molecule has 0 spiro atoms. The van der Waals surface area contributed by atoms with Crippen molar-refractivity contribution >= 4 is 27.5 Å².